The van der Waals surface area contributed by atoms with Gasteiger partial charge in [-0.25, -0.2) is 0 Å². The highest BCUT2D eigenvalue weighted by Gasteiger charge is 2.28. The predicted octanol–water partition coefficient (Wildman–Crippen LogP) is 2.20. The largest absolute Gasteiger partial charge is 0.468 e. The van der Waals surface area contributed by atoms with Gasteiger partial charge >= 0.3 is 5.97 Å². The van der Waals surface area contributed by atoms with Gasteiger partial charge in [0.2, 0.25) is 0 Å². The van der Waals surface area contributed by atoms with Gasteiger partial charge in [-0.3, -0.25) is 4.79 Å². The highest BCUT2D eigenvalue weighted by atomic mass is 32.2. The summed E-state index contributed by atoms with van der Waals surface area (Å²) < 4.78 is 4.80. The average molecular weight is 245 g/mol. The third kappa shape index (κ3) is 5.75. The lowest BCUT2D eigenvalue weighted by Gasteiger charge is -2.15. The Labute approximate surface area is 103 Å². The normalized spacial score (nSPS) is 17.1. The van der Waals surface area contributed by atoms with Crippen molar-refractivity contribution in [2.75, 3.05) is 18.6 Å². The van der Waals surface area contributed by atoms with E-state index in [1.807, 2.05) is 11.8 Å². The number of carbonyl (C=O) groups excluding carboxylic acids is 1. The summed E-state index contributed by atoms with van der Waals surface area (Å²) in [4.78, 5) is 11.5. The molecule has 1 N–H and O–H groups in total. The number of hydrogen-bond donors (Lipinski definition) is 1. The van der Waals surface area contributed by atoms with E-state index < -0.39 is 0 Å². The molecule has 0 aliphatic heterocycles. The van der Waals surface area contributed by atoms with Crippen LogP contribution in [0.1, 0.15) is 39.0 Å². The molecule has 0 bridgehead atoms. The summed E-state index contributed by atoms with van der Waals surface area (Å²) >= 11 is 1.85. The van der Waals surface area contributed by atoms with Gasteiger partial charge in [0.05, 0.1) is 7.11 Å². The number of hydrogen-bond acceptors (Lipinski definition) is 4. The second-order valence-electron chi connectivity index (χ2n) is 4.30. The van der Waals surface area contributed by atoms with E-state index in [2.05, 4.69) is 12.2 Å². The summed E-state index contributed by atoms with van der Waals surface area (Å²) in [6.07, 6.45) is 6.19. The molecule has 1 unspecified atom stereocenters. The van der Waals surface area contributed by atoms with Crippen molar-refractivity contribution in [3.8, 4) is 0 Å². The zero-order valence-electron chi connectivity index (χ0n) is 10.3. The number of thioether (sulfide) groups is 1. The third-order valence-electron chi connectivity index (χ3n) is 2.68. The number of carbonyl (C=O) groups is 1. The van der Waals surface area contributed by atoms with Crippen LogP contribution in [0.5, 0.6) is 0 Å². The molecule has 0 radical (unpaired) electrons. The SMILES string of the molecule is CCCCCSCC(NC1CC1)C(=O)OC. The second-order valence-corrected chi connectivity index (χ2v) is 5.45. The maximum Gasteiger partial charge on any atom is 0.323 e. The molecule has 1 atom stereocenters. The molecule has 94 valence electrons. The number of ether oxygens (including phenoxy) is 1. The van der Waals surface area contributed by atoms with E-state index >= 15 is 0 Å². The van der Waals surface area contributed by atoms with Crippen LogP contribution in [-0.4, -0.2) is 36.7 Å². The van der Waals surface area contributed by atoms with Crippen molar-refractivity contribution in [2.45, 2.75) is 51.1 Å². The monoisotopic (exact) mass is 245 g/mol. The fourth-order valence-corrected chi connectivity index (χ4v) is 2.56. The topological polar surface area (TPSA) is 38.3 Å². The van der Waals surface area contributed by atoms with Crippen molar-refractivity contribution in [3.63, 3.8) is 0 Å². The second kappa shape index (κ2) is 7.96. The van der Waals surface area contributed by atoms with Crippen molar-refractivity contribution < 1.29 is 9.53 Å². The Hall–Kier alpha value is -0.220. The van der Waals surface area contributed by atoms with Gasteiger partial charge in [0.25, 0.3) is 0 Å². The van der Waals surface area contributed by atoms with Crippen LogP contribution in [0.15, 0.2) is 0 Å². The lowest BCUT2D eigenvalue weighted by atomic mass is 10.3. The third-order valence-corrected chi connectivity index (χ3v) is 3.82. The van der Waals surface area contributed by atoms with E-state index in [1.54, 1.807) is 0 Å². The van der Waals surface area contributed by atoms with Crippen molar-refractivity contribution in [1.82, 2.24) is 5.32 Å². The molecule has 1 fully saturated rings. The summed E-state index contributed by atoms with van der Waals surface area (Å²) in [5.41, 5.74) is 0. The van der Waals surface area contributed by atoms with Gasteiger partial charge < -0.3 is 10.1 Å². The van der Waals surface area contributed by atoms with Crippen molar-refractivity contribution >= 4 is 17.7 Å². The van der Waals surface area contributed by atoms with Crippen LogP contribution < -0.4 is 5.32 Å². The van der Waals surface area contributed by atoms with Crippen LogP contribution in [0.25, 0.3) is 0 Å². The van der Waals surface area contributed by atoms with E-state index in [1.165, 1.54) is 39.2 Å². The Balaban J connectivity index is 2.13. The molecule has 3 nitrogen and oxygen atoms in total. The minimum absolute atomic E-state index is 0.107. The molecule has 0 aromatic heterocycles. The van der Waals surface area contributed by atoms with Crippen LogP contribution in [0.2, 0.25) is 0 Å². The van der Waals surface area contributed by atoms with E-state index in [0.717, 1.165) is 11.5 Å². The Morgan fingerprint density at radius 1 is 1.50 bits per heavy atom. The van der Waals surface area contributed by atoms with Crippen molar-refractivity contribution in [3.05, 3.63) is 0 Å². The maximum atomic E-state index is 11.5. The first kappa shape index (κ1) is 13.8. The molecule has 1 rings (SSSR count). The van der Waals surface area contributed by atoms with Crippen LogP contribution in [-0.2, 0) is 9.53 Å². The fraction of sp³-hybridized carbons (Fsp3) is 0.917. The van der Waals surface area contributed by atoms with E-state index in [9.17, 15) is 4.79 Å². The molecule has 4 heteroatoms. The summed E-state index contributed by atoms with van der Waals surface area (Å²) in [5.74, 6) is 1.87. The molecule has 16 heavy (non-hydrogen) atoms. The summed E-state index contributed by atoms with van der Waals surface area (Å²) in [6, 6.07) is 0.449. The van der Waals surface area contributed by atoms with E-state index in [0.29, 0.717) is 6.04 Å². The Morgan fingerprint density at radius 2 is 2.25 bits per heavy atom. The zero-order chi connectivity index (χ0) is 11.8. The van der Waals surface area contributed by atoms with Crippen molar-refractivity contribution in [2.24, 2.45) is 0 Å². The molecule has 0 amide bonds. The standard InChI is InChI=1S/C12H23NO2S/c1-3-4-5-8-16-9-11(12(14)15-2)13-10-6-7-10/h10-11,13H,3-9H2,1-2H3. The van der Waals surface area contributed by atoms with Gasteiger partial charge in [0.15, 0.2) is 0 Å². The average Bonchev–Trinajstić information content (AvgIpc) is 3.10. The highest BCUT2D eigenvalue weighted by molar-refractivity contribution is 7.99. The minimum atomic E-state index is -0.116. The highest BCUT2D eigenvalue weighted by Crippen LogP contribution is 2.20. The predicted molar refractivity (Wildman–Crippen MR) is 68.8 cm³/mol. The first-order valence-electron chi connectivity index (χ1n) is 6.19. The molecule has 0 spiro atoms. The first-order chi connectivity index (χ1) is 7.77. The molecule has 1 saturated carbocycles. The molecular formula is C12H23NO2S. The van der Waals surface area contributed by atoms with E-state index in [-0.39, 0.29) is 12.0 Å². The molecule has 0 heterocycles. The number of unbranched alkanes of at least 4 members (excludes halogenated alkanes) is 2. The fourth-order valence-electron chi connectivity index (χ4n) is 1.52. The van der Waals surface area contributed by atoms with Gasteiger partial charge in [0, 0.05) is 11.8 Å². The van der Waals surface area contributed by atoms with Crippen LogP contribution in [0.4, 0.5) is 0 Å². The first-order valence-corrected chi connectivity index (χ1v) is 7.35. The molecule has 0 aromatic rings. The smallest absolute Gasteiger partial charge is 0.323 e. The summed E-state index contributed by atoms with van der Waals surface area (Å²) in [6.45, 7) is 2.20. The number of nitrogens with one attached hydrogen (secondary N) is 1. The Morgan fingerprint density at radius 3 is 2.81 bits per heavy atom. The number of methoxy groups -OCH3 is 1. The number of esters is 1. The lowest BCUT2D eigenvalue weighted by molar-refractivity contribution is -0.142. The lowest BCUT2D eigenvalue weighted by Crippen LogP contribution is -2.41. The van der Waals surface area contributed by atoms with Crippen LogP contribution in [0.3, 0.4) is 0 Å². The Bertz CT molecular complexity index is 207. The van der Waals surface area contributed by atoms with Gasteiger partial charge in [-0.2, -0.15) is 11.8 Å². The quantitative estimate of drug-likeness (QED) is 0.499. The molecule has 0 saturated heterocycles. The van der Waals surface area contributed by atoms with Gasteiger partial charge in [-0.05, 0) is 25.0 Å². The van der Waals surface area contributed by atoms with Gasteiger partial charge in [-0.1, -0.05) is 19.8 Å². The Kier molecular flexibility index (Phi) is 6.88. The molecular weight excluding hydrogens is 222 g/mol. The molecule has 1 aliphatic carbocycles. The maximum absolute atomic E-state index is 11.5. The van der Waals surface area contributed by atoms with Crippen molar-refractivity contribution in [1.29, 1.82) is 0 Å². The molecule has 0 aromatic carbocycles. The van der Waals surface area contributed by atoms with Gasteiger partial charge in [0.1, 0.15) is 6.04 Å². The number of rotatable bonds is 9. The van der Waals surface area contributed by atoms with E-state index in [4.69, 9.17) is 4.74 Å². The van der Waals surface area contributed by atoms with Crippen LogP contribution in [0, 0.1) is 0 Å². The van der Waals surface area contributed by atoms with Crippen LogP contribution >= 0.6 is 11.8 Å². The summed E-state index contributed by atoms with van der Waals surface area (Å²) in [5, 5.41) is 3.34. The minimum Gasteiger partial charge on any atom is -0.468 e. The molecule has 1 aliphatic rings. The summed E-state index contributed by atoms with van der Waals surface area (Å²) in [7, 11) is 1.46. The van der Waals surface area contributed by atoms with Gasteiger partial charge in [-0.15, -0.1) is 0 Å². The zero-order valence-corrected chi connectivity index (χ0v) is 11.1.